The minimum absolute atomic E-state index is 0. The Labute approximate surface area is 97.3 Å². The Hall–Kier alpha value is -0.740. The van der Waals surface area contributed by atoms with Crippen molar-refractivity contribution in [1.29, 1.82) is 0 Å². The number of halogens is 1. The summed E-state index contributed by atoms with van der Waals surface area (Å²) in [7, 11) is -3.77. The molecule has 8 heteroatoms. The number of hydrogen-bond donors (Lipinski definition) is 1. The molecule has 0 fully saturated rings. The summed E-state index contributed by atoms with van der Waals surface area (Å²) >= 11 is 0. The highest BCUT2D eigenvalue weighted by Crippen LogP contribution is 2.14. The molecule has 6 nitrogen and oxygen atoms in total. The molecule has 0 aliphatic carbocycles. The van der Waals surface area contributed by atoms with Crippen LogP contribution in [-0.4, -0.2) is 13.3 Å². The Morgan fingerprint density at radius 1 is 1.21 bits per heavy atom. The van der Waals surface area contributed by atoms with E-state index in [1.54, 1.807) is 0 Å². The molecule has 0 aliphatic rings. The molecule has 0 aliphatic heterocycles. The van der Waals surface area contributed by atoms with Crippen LogP contribution in [0.2, 0.25) is 0 Å². The second-order valence-corrected chi connectivity index (χ2v) is 3.86. The number of nitrogens with two attached hydrogens (primary N) is 1. The van der Waals surface area contributed by atoms with Gasteiger partial charge in [-0.05, 0) is 12.1 Å². The van der Waals surface area contributed by atoms with E-state index in [0.29, 0.717) is 0 Å². The standard InChI is InChI=1S/C6H6N2O4S.HI/c7-13(11,12)6-3-1-5(2-4-6)8(9)10;/h1-4H,(H2,7,11,12);1H. The molecule has 0 radical (unpaired) electrons. The van der Waals surface area contributed by atoms with E-state index in [2.05, 4.69) is 0 Å². The maximum absolute atomic E-state index is 10.7. The van der Waals surface area contributed by atoms with Crippen molar-refractivity contribution < 1.29 is 13.3 Å². The number of nitro groups is 1. The fourth-order valence-electron chi connectivity index (χ4n) is 0.758. The lowest BCUT2D eigenvalue weighted by Gasteiger charge is -1.95. The first kappa shape index (κ1) is 13.3. The molecular weight excluding hydrogens is 323 g/mol. The highest BCUT2D eigenvalue weighted by Gasteiger charge is 2.10. The Morgan fingerprint density at radius 3 is 1.93 bits per heavy atom. The SMILES string of the molecule is I.NS(=O)(=O)c1ccc([N+](=O)[O-])cc1. The second kappa shape index (κ2) is 4.66. The minimum Gasteiger partial charge on any atom is -0.258 e. The topological polar surface area (TPSA) is 103 Å². The number of nitro benzene ring substituents is 1. The van der Waals surface area contributed by atoms with E-state index in [9.17, 15) is 18.5 Å². The maximum atomic E-state index is 10.7. The van der Waals surface area contributed by atoms with Crippen LogP contribution in [0.25, 0.3) is 0 Å². The summed E-state index contributed by atoms with van der Waals surface area (Å²) in [6, 6.07) is 4.35. The summed E-state index contributed by atoms with van der Waals surface area (Å²) < 4.78 is 21.4. The van der Waals surface area contributed by atoms with Gasteiger partial charge in [0.2, 0.25) is 10.0 Å². The van der Waals surface area contributed by atoms with E-state index in [1.807, 2.05) is 0 Å². The van der Waals surface area contributed by atoms with Crippen LogP contribution in [0, 0.1) is 10.1 Å². The lowest BCUT2D eigenvalue weighted by Crippen LogP contribution is -2.11. The molecule has 0 aromatic heterocycles. The van der Waals surface area contributed by atoms with Gasteiger partial charge in [-0.2, -0.15) is 0 Å². The molecule has 2 N–H and O–H groups in total. The number of nitrogens with zero attached hydrogens (tertiary/aromatic N) is 1. The Balaban J connectivity index is 0.00000169. The Morgan fingerprint density at radius 2 is 1.64 bits per heavy atom. The van der Waals surface area contributed by atoms with Gasteiger partial charge in [0, 0.05) is 12.1 Å². The highest BCUT2D eigenvalue weighted by atomic mass is 127. The third kappa shape index (κ3) is 3.20. The van der Waals surface area contributed by atoms with Crippen LogP contribution >= 0.6 is 24.0 Å². The average Bonchev–Trinajstić information content (AvgIpc) is 2.03. The van der Waals surface area contributed by atoms with Gasteiger partial charge in [0.1, 0.15) is 0 Å². The van der Waals surface area contributed by atoms with Crippen molar-refractivity contribution in [3.8, 4) is 0 Å². The van der Waals surface area contributed by atoms with Gasteiger partial charge in [-0.15, -0.1) is 24.0 Å². The van der Waals surface area contributed by atoms with E-state index in [0.717, 1.165) is 24.3 Å². The van der Waals surface area contributed by atoms with E-state index < -0.39 is 14.9 Å². The second-order valence-electron chi connectivity index (χ2n) is 2.30. The highest BCUT2D eigenvalue weighted by molar-refractivity contribution is 14.0. The quantitative estimate of drug-likeness (QED) is 0.493. The van der Waals surface area contributed by atoms with Gasteiger partial charge >= 0.3 is 0 Å². The summed E-state index contributed by atoms with van der Waals surface area (Å²) in [5.41, 5.74) is -0.174. The monoisotopic (exact) mass is 330 g/mol. The van der Waals surface area contributed by atoms with Crippen molar-refractivity contribution in [1.82, 2.24) is 0 Å². The molecule has 14 heavy (non-hydrogen) atoms. The molecular formula is C6H7IN2O4S. The number of non-ortho nitro benzene ring substituents is 1. The van der Waals surface area contributed by atoms with Crippen molar-refractivity contribution in [3.63, 3.8) is 0 Å². The van der Waals surface area contributed by atoms with Gasteiger partial charge in [0.05, 0.1) is 9.82 Å². The lowest BCUT2D eigenvalue weighted by atomic mass is 10.3. The zero-order valence-corrected chi connectivity index (χ0v) is 9.93. The number of rotatable bonds is 2. The average molecular weight is 330 g/mol. The molecule has 0 saturated heterocycles. The van der Waals surface area contributed by atoms with Gasteiger partial charge in [-0.25, -0.2) is 13.6 Å². The van der Waals surface area contributed by atoms with Crippen LogP contribution < -0.4 is 5.14 Å². The lowest BCUT2D eigenvalue weighted by molar-refractivity contribution is -0.384. The summed E-state index contributed by atoms with van der Waals surface area (Å²) in [5, 5.41) is 15.0. The van der Waals surface area contributed by atoms with E-state index in [-0.39, 0.29) is 34.6 Å². The predicted octanol–water partition coefficient (Wildman–Crippen LogP) is 0.860. The van der Waals surface area contributed by atoms with Gasteiger partial charge in [0.15, 0.2) is 0 Å². The maximum Gasteiger partial charge on any atom is 0.269 e. The smallest absolute Gasteiger partial charge is 0.258 e. The number of benzene rings is 1. The first-order valence-corrected chi connectivity index (χ1v) is 4.73. The van der Waals surface area contributed by atoms with Crippen LogP contribution in [0.4, 0.5) is 5.69 Å². The zero-order valence-electron chi connectivity index (χ0n) is 6.78. The third-order valence-electron chi connectivity index (χ3n) is 1.38. The van der Waals surface area contributed by atoms with Crippen LogP contribution in [0.5, 0.6) is 0 Å². The molecule has 0 heterocycles. The van der Waals surface area contributed by atoms with Crippen LogP contribution in [-0.2, 0) is 10.0 Å². The first-order valence-electron chi connectivity index (χ1n) is 3.18. The molecule has 1 aromatic rings. The van der Waals surface area contributed by atoms with Crippen LogP contribution in [0.1, 0.15) is 0 Å². The Kier molecular flexibility index (Phi) is 4.42. The van der Waals surface area contributed by atoms with Crippen molar-refractivity contribution >= 4 is 39.7 Å². The van der Waals surface area contributed by atoms with E-state index >= 15 is 0 Å². The van der Waals surface area contributed by atoms with Crippen LogP contribution in [0.3, 0.4) is 0 Å². The van der Waals surface area contributed by atoms with Crippen molar-refractivity contribution in [2.24, 2.45) is 5.14 Å². The summed E-state index contributed by atoms with van der Waals surface area (Å²) in [6.45, 7) is 0. The summed E-state index contributed by atoms with van der Waals surface area (Å²) in [6.07, 6.45) is 0. The first-order chi connectivity index (χ1) is 5.91. The molecule has 0 bridgehead atoms. The summed E-state index contributed by atoms with van der Waals surface area (Å²) in [4.78, 5) is 9.43. The molecule has 0 spiro atoms. The Bertz CT molecular complexity index is 428. The number of hydrogen-bond acceptors (Lipinski definition) is 4. The van der Waals surface area contributed by atoms with Gasteiger partial charge in [-0.3, -0.25) is 10.1 Å². The number of primary sulfonamides is 1. The fourth-order valence-corrected chi connectivity index (χ4v) is 1.27. The molecule has 78 valence electrons. The predicted molar refractivity (Wildman–Crippen MR) is 59.9 cm³/mol. The van der Waals surface area contributed by atoms with Crippen molar-refractivity contribution in [2.75, 3.05) is 0 Å². The third-order valence-corrected chi connectivity index (χ3v) is 2.31. The fraction of sp³-hybridized carbons (Fsp3) is 0. The van der Waals surface area contributed by atoms with Gasteiger partial charge < -0.3 is 0 Å². The molecule has 0 amide bonds. The molecule has 0 unspecified atom stereocenters. The zero-order chi connectivity index (χ0) is 10.1. The normalized spacial score (nSPS) is 10.4. The largest absolute Gasteiger partial charge is 0.269 e. The van der Waals surface area contributed by atoms with Crippen molar-refractivity contribution in [3.05, 3.63) is 34.4 Å². The van der Waals surface area contributed by atoms with Gasteiger partial charge in [-0.1, -0.05) is 0 Å². The molecule has 0 atom stereocenters. The van der Waals surface area contributed by atoms with Gasteiger partial charge in [0.25, 0.3) is 5.69 Å². The van der Waals surface area contributed by atoms with Crippen molar-refractivity contribution in [2.45, 2.75) is 4.90 Å². The van der Waals surface area contributed by atoms with Crippen LogP contribution in [0.15, 0.2) is 29.2 Å². The van der Waals surface area contributed by atoms with E-state index in [4.69, 9.17) is 5.14 Å². The molecule has 0 saturated carbocycles. The number of sulfonamides is 1. The molecule has 1 rings (SSSR count). The molecule has 1 aromatic carbocycles. The summed E-state index contributed by atoms with van der Waals surface area (Å²) in [5.74, 6) is 0. The van der Waals surface area contributed by atoms with E-state index in [1.165, 1.54) is 0 Å². The minimum atomic E-state index is -3.77.